The Morgan fingerprint density at radius 3 is 2.67 bits per heavy atom. The zero-order valence-corrected chi connectivity index (χ0v) is 8.69. The molecule has 0 saturated carbocycles. The Balaban J connectivity index is 3.01. The third-order valence-corrected chi connectivity index (χ3v) is 1.95. The number of benzene rings is 1. The molecule has 0 aliphatic heterocycles. The molecule has 0 unspecified atom stereocenters. The average molecular weight is 226 g/mol. The fourth-order valence-corrected chi connectivity index (χ4v) is 1.21. The third kappa shape index (κ3) is 3.18. The first-order valence-corrected chi connectivity index (χ1v) is 4.51. The number of rotatable bonds is 3. The van der Waals surface area contributed by atoms with Gasteiger partial charge in [0.2, 0.25) is 5.24 Å². The van der Waals surface area contributed by atoms with Crippen molar-refractivity contribution in [3.05, 3.63) is 45.5 Å². The summed E-state index contributed by atoms with van der Waals surface area (Å²) in [7, 11) is 0. The van der Waals surface area contributed by atoms with E-state index in [9.17, 15) is 14.9 Å². The van der Waals surface area contributed by atoms with Crippen molar-refractivity contribution < 1.29 is 9.72 Å². The molecular formula is C10H8ClNO3. The highest BCUT2D eigenvalue weighted by Gasteiger charge is 2.08. The van der Waals surface area contributed by atoms with Crippen LogP contribution in [0, 0.1) is 17.0 Å². The predicted octanol–water partition coefficient (Wildman–Crippen LogP) is 2.68. The summed E-state index contributed by atoms with van der Waals surface area (Å²) in [4.78, 5) is 20.5. The van der Waals surface area contributed by atoms with Crippen LogP contribution in [-0.4, -0.2) is 10.2 Å². The summed E-state index contributed by atoms with van der Waals surface area (Å²) in [5, 5.41) is 9.93. The summed E-state index contributed by atoms with van der Waals surface area (Å²) >= 11 is 5.12. The van der Waals surface area contributed by atoms with Gasteiger partial charge in [-0.3, -0.25) is 14.9 Å². The molecule has 0 aromatic heterocycles. The maximum Gasteiger partial charge on any atom is 0.272 e. The highest BCUT2D eigenvalue weighted by Crippen LogP contribution is 2.19. The summed E-state index contributed by atoms with van der Waals surface area (Å²) in [6.45, 7) is 1.64. The molecule has 0 spiro atoms. The Morgan fingerprint density at radius 1 is 1.53 bits per heavy atom. The van der Waals surface area contributed by atoms with Gasteiger partial charge in [0.05, 0.1) is 4.92 Å². The van der Waals surface area contributed by atoms with Gasteiger partial charge in [-0.1, -0.05) is 6.08 Å². The van der Waals surface area contributed by atoms with Crippen molar-refractivity contribution in [2.24, 2.45) is 0 Å². The van der Waals surface area contributed by atoms with Crippen LogP contribution in [0.1, 0.15) is 11.1 Å². The second-order valence-corrected chi connectivity index (χ2v) is 3.31. The van der Waals surface area contributed by atoms with Crippen molar-refractivity contribution in [2.45, 2.75) is 6.92 Å². The van der Waals surface area contributed by atoms with E-state index in [2.05, 4.69) is 0 Å². The lowest BCUT2D eigenvalue weighted by Gasteiger charge is -1.98. The quantitative estimate of drug-likeness (QED) is 0.344. The van der Waals surface area contributed by atoms with Gasteiger partial charge in [-0.15, -0.1) is 0 Å². The first-order chi connectivity index (χ1) is 7.00. The number of hydrogen-bond acceptors (Lipinski definition) is 3. The number of nitrogens with zero attached hydrogens (tertiary/aromatic N) is 1. The molecule has 0 saturated heterocycles. The Morgan fingerprint density at radius 2 is 2.20 bits per heavy atom. The molecule has 78 valence electrons. The van der Waals surface area contributed by atoms with Crippen LogP contribution in [0.2, 0.25) is 0 Å². The number of carbonyl (C=O) groups is 1. The van der Waals surface area contributed by atoms with Crippen molar-refractivity contribution in [1.29, 1.82) is 0 Å². The maximum atomic E-state index is 10.5. The van der Waals surface area contributed by atoms with Gasteiger partial charge < -0.3 is 0 Å². The molecule has 1 rings (SSSR count). The Hall–Kier alpha value is -1.68. The van der Waals surface area contributed by atoms with Crippen LogP contribution in [0.5, 0.6) is 0 Å². The van der Waals surface area contributed by atoms with Crippen LogP contribution in [-0.2, 0) is 4.79 Å². The normalized spacial score (nSPS) is 10.5. The summed E-state index contributed by atoms with van der Waals surface area (Å²) in [5.74, 6) is 0. The van der Waals surface area contributed by atoms with Crippen LogP contribution < -0.4 is 0 Å². The van der Waals surface area contributed by atoms with Crippen molar-refractivity contribution >= 4 is 28.6 Å². The number of carbonyl (C=O) groups excluding carboxylic acids is 1. The van der Waals surface area contributed by atoms with E-state index in [1.807, 2.05) is 0 Å². The number of nitro groups is 1. The summed E-state index contributed by atoms with van der Waals surface area (Å²) in [5.41, 5.74) is 1.31. The van der Waals surface area contributed by atoms with Gasteiger partial charge in [-0.25, -0.2) is 0 Å². The lowest BCUT2D eigenvalue weighted by molar-refractivity contribution is -0.385. The Labute approximate surface area is 91.3 Å². The first kappa shape index (κ1) is 11.4. The van der Waals surface area contributed by atoms with Crippen LogP contribution in [0.15, 0.2) is 24.3 Å². The van der Waals surface area contributed by atoms with Crippen LogP contribution >= 0.6 is 11.6 Å². The molecular weight excluding hydrogens is 218 g/mol. The van der Waals surface area contributed by atoms with Crippen molar-refractivity contribution in [3.63, 3.8) is 0 Å². The first-order valence-electron chi connectivity index (χ1n) is 4.13. The second kappa shape index (κ2) is 4.70. The smallest absolute Gasteiger partial charge is 0.272 e. The molecule has 5 heteroatoms. The van der Waals surface area contributed by atoms with E-state index in [1.54, 1.807) is 19.1 Å². The monoisotopic (exact) mass is 225 g/mol. The van der Waals surface area contributed by atoms with Crippen LogP contribution in [0.25, 0.3) is 6.08 Å². The largest absolute Gasteiger partial charge is 0.276 e. The van der Waals surface area contributed by atoms with Gasteiger partial charge >= 0.3 is 0 Å². The molecule has 0 fully saturated rings. The molecule has 0 bridgehead atoms. The molecule has 0 atom stereocenters. The van der Waals surface area contributed by atoms with Crippen LogP contribution in [0.3, 0.4) is 0 Å². The number of aryl methyl sites for hydroxylation is 1. The summed E-state index contributed by atoms with van der Waals surface area (Å²) in [6, 6.07) is 4.57. The molecule has 15 heavy (non-hydrogen) atoms. The number of allylic oxidation sites excluding steroid dienone is 1. The molecule has 1 aromatic carbocycles. The standard InChI is InChI=1S/C10H8ClNO3/c1-7-6-8(3-5-10(11)13)2-4-9(7)12(14)15/h2-6H,1H3. The summed E-state index contributed by atoms with van der Waals surface area (Å²) in [6.07, 6.45) is 2.70. The molecule has 0 aliphatic carbocycles. The van der Waals surface area contributed by atoms with Gasteiger partial charge in [0.1, 0.15) is 0 Å². The number of hydrogen-bond donors (Lipinski definition) is 0. The minimum Gasteiger partial charge on any atom is -0.276 e. The highest BCUT2D eigenvalue weighted by molar-refractivity contribution is 6.66. The summed E-state index contributed by atoms with van der Waals surface area (Å²) < 4.78 is 0. The minimum absolute atomic E-state index is 0.0596. The topological polar surface area (TPSA) is 60.2 Å². The van der Waals surface area contributed by atoms with E-state index in [-0.39, 0.29) is 5.69 Å². The van der Waals surface area contributed by atoms with E-state index in [0.717, 1.165) is 0 Å². The van der Waals surface area contributed by atoms with E-state index in [4.69, 9.17) is 11.6 Å². The average Bonchev–Trinajstić information content (AvgIpc) is 2.14. The number of nitro benzene ring substituents is 1. The lowest BCUT2D eigenvalue weighted by atomic mass is 10.1. The highest BCUT2D eigenvalue weighted by atomic mass is 35.5. The van der Waals surface area contributed by atoms with Crippen molar-refractivity contribution in [1.82, 2.24) is 0 Å². The zero-order chi connectivity index (χ0) is 11.4. The molecule has 0 radical (unpaired) electrons. The van der Waals surface area contributed by atoms with Crippen molar-refractivity contribution in [2.75, 3.05) is 0 Å². The van der Waals surface area contributed by atoms with Gasteiger partial charge in [0.15, 0.2) is 0 Å². The SMILES string of the molecule is Cc1cc(C=CC(=O)Cl)ccc1[N+](=O)[O-]. The zero-order valence-electron chi connectivity index (χ0n) is 7.94. The van der Waals surface area contributed by atoms with E-state index in [0.29, 0.717) is 11.1 Å². The number of halogens is 1. The van der Waals surface area contributed by atoms with Gasteiger partial charge in [-0.05, 0) is 42.3 Å². The van der Waals surface area contributed by atoms with Gasteiger partial charge in [0.25, 0.3) is 5.69 Å². The van der Waals surface area contributed by atoms with E-state index in [1.165, 1.54) is 18.2 Å². The lowest BCUT2D eigenvalue weighted by Crippen LogP contribution is -1.91. The Kier molecular flexibility index (Phi) is 3.57. The van der Waals surface area contributed by atoms with E-state index >= 15 is 0 Å². The molecule has 0 N–H and O–H groups in total. The maximum absolute atomic E-state index is 10.5. The molecule has 0 aliphatic rings. The van der Waals surface area contributed by atoms with Gasteiger partial charge in [-0.2, -0.15) is 0 Å². The van der Waals surface area contributed by atoms with E-state index < -0.39 is 10.2 Å². The molecule has 1 aromatic rings. The van der Waals surface area contributed by atoms with Gasteiger partial charge in [0, 0.05) is 11.6 Å². The third-order valence-electron chi connectivity index (χ3n) is 1.82. The fourth-order valence-electron chi connectivity index (χ4n) is 1.15. The van der Waals surface area contributed by atoms with Crippen molar-refractivity contribution in [3.8, 4) is 0 Å². The minimum atomic E-state index is -0.578. The molecule has 4 nitrogen and oxygen atoms in total. The predicted molar refractivity (Wildman–Crippen MR) is 57.7 cm³/mol. The molecule has 0 amide bonds. The Bertz CT molecular complexity index is 440. The second-order valence-electron chi connectivity index (χ2n) is 2.94. The molecule has 0 heterocycles. The van der Waals surface area contributed by atoms with Crippen LogP contribution in [0.4, 0.5) is 5.69 Å². The fraction of sp³-hybridized carbons (Fsp3) is 0.100.